The van der Waals surface area contributed by atoms with Gasteiger partial charge >= 0.3 is 0 Å². The van der Waals surface area contributed by atoms with E-state index in [-0.39, 0.29) is 0 Å². The van der Waals surface area contributed by atoms with Gasteiger partial charge in [-0.15, -0.1) is 0 Å². The summed E-state index contributed by atoms with van der Waals surface area (Å²) in [5.74, 6) is -1.55. The Balaban J connectivity index is 1.89. The quantitative estimate of drug-likeness (QED) is 0.791. The van der Waals surface area contributed by atoms with Gasteiger partial charge in [-0.2, -0.15) is 8.78 Å². The minimum absolute atomic E-state index is 0.540. The van der Waals surface area contributed by atoms with Gasteiger partial charge in [-0.25, -0.2) is 0 Å². The molecule has 1 saturated carbocycles. The van der Waals surface area contributed by atoms with E-state index in [4.69, 9.17) is 0 Å². The summed E-state index contributed by atoms with van der Waals surface area (Å²) < 4.78 is 24.3. The second kappa shape index (κ2) is 5.71. The molecule has 0 amide bonds. The molecule has 2 unspecified atom stereocenters. The lowest BCUT2D eigenvalue weighted by Gasteiger charge is -2.14. The molecule has 1 aliphatic rings. The number of nitrogens with one attached hydrogen (secondary N) is 1. The highest BCUT2D eigenvalue weighted by Gasteiger charge is 2.20. The molecule has 0 radical (unpaired) electrons. The summed E-state index contributed by atoms with van der Waals surface area (Å²) in [4.78, 5) is 0.616. The minimum Gasteiger partial charge on any atom is -0.382 e. The lowest BCUT2D eigenvalue weighted by molar-refractivity contribution is 0.252. The maximum absolute atomic E-state index is 12.1. The van der Waals surface area contributed by atoms with Gasteiger partial charge in [0.05, 0.1) is 0 Å². The van der Waals surface area contributed by atoms with Crippen molar-refractivity contribution in [2.45, 2.75) is 42.9 Å². The fourth-order valence-corrected chi connectivity index (χ4v) is 2.81. The van der Waals surface area contributed by atoms with Crippen LogP contribution >= 0.6 is 11.8 Å². The number of thioether (sulfide) groups is 1. The predicted octanol–water partition coefficient (Wildman–Crippen LogP) is 4.60. The van der Waals surface area contributed by atoms with Crippen molar-refractivity contribution in [3.63, 3.8) is 0 Å². The molecule has 17 heavy (non-hydrogen) atoms. The second-order valence-electron chi connectivity index (χ2n) is 4.66. The lowest BCUT2D eigenvalue weighted by atomic mass is 10.1. The molecule has 1 aromatic carbocycles. The van der Waals surface area contributed by atoms with Gasteiger partial charge in [0.2, 0.25) is 0 Å². The van der Waals surface area contributed by atoms with Crippen LogP contribution in [0.3, 0.4) is 0 Å². The van der Waals surface area contributed by atoms with Crippen LogP contribution in [0.1, 0.15) is 26.2 Å². The van der Waals surface area contributed by atoms with Crippen molar-refractivity contribution in [3.8, 4) is 0 Å². The summed E-state index contributed by atoms with van der Waals surface area (Å²) in [6.07, 6.45) is 3.68. The van der Waals surface area contributed by atoms with E-state index in [0.29, 0.717) is 22.7 Å². The summed E-state index contributed by atoms with van der Waals surface area (Å²) in [6.45, 7) is 2.27. The van der Waals surface area contributed by atoms with E-state index in [0.717, 1.165) is 11.6 Å². The maximum atomic E-state index is 12.1. The Bertz CT molecular complexity index is 353. The number of hydrogen-bond donors (Lipinski definition) is 1. The number of hydrogen-bond acceptors (Lipinski definition) is 2. The Morgan fingerprint density at radius 3 is 2.47 bits per heavy atom. The summed E-state index contributed by atoms with van der Waals surface area (Å²) >= 11 is 0.589. The first-order valence-corrected chi connectivity index (χ1v) is 6.83. The minimum atomic E-state index is -2.34. The highest BCUT2D eigenvalue weighted by atomic mass is 32.2. The first-order valence-electron chi connectivity index (χ1n) is 5.95. The van der Waals surface area contributed by atoms with Crippen LogP contribution < -0.4 is 5.32 Å². The van der Waals surface area contributed by atoms with Crippen molar-refractivity contribution in [1.29, 1.82) is 0 Å². The van der Waals surface area contributed by atoms with Crippen molar-refractivity contribution in [2.75, 3.05) is 5.32 Å². The van der Waals surface area contributed by atoms with Gasteiger partial charge in [0, 0.05) is 16.6 Å². The van der Waals surface area contributed by atoms with Crippen LogP contribution in [-0.2, 0) is 0 Å². The van der Waals surface area contributed by atoms with Crippen molar-refractivity contribution < 1.29 is 8.78 Å². The molecule has 4 heteroatoms. The van der Waals surface area contributed by atoms with Crippen LogP contribution in [0.2, 0.25) is 0 Å². The fourth-order valence-electron chi connectivity index (χ4n) is 2.31. The second-order valence-corrected chi connectivity index (χ2v) is 5.73. The van der Waals surface area contributed by atoms with Crippen LogP contribution in [-0.4, -0.2) is 11.8 Å². The predicted molar refractivity (Wildman–Crippen MR) is 68.7 cm³/mol. The van der Waals surface area contributed by atoms with E-state index in [1.165, 1.54) is 19.3 Å². The molecule has 0 spiro atoms. The van der Waals surface area contributed by atoms with Crippen LogP contribution in [0, 0.1) is 5.92 Å². The molecule has 2 atom stereocenters. The molecule has 1 nitrogen and oxygen atoms in total. The Morgan fingerprint density at radius 2 is 1.94 bits per heavy atom. The molecule has 0 aliphatic heterocycles. The molecule has 1 aromatic rings. The van der Waals surface area contributed by atoms with Gasteiger partial charge in [-0.05, 0) is 49.4 Å². The molecule has 0 saturated heterocycles. The monoisotopic (exact) mass is 257 g/mol. The van der Waals surface area contributed by atoms with E-state index in [1.807, 2.05) is 12.1 Å². The van der Waals surface area contributed by atoms with Gasteiger partial charge in [-0.3, -0.25) is 0 Å². The molecule has 2 rings (SSSR count). The number of halogens is 2. The lowest BCUT2D eigenvalue weighted by Crippen LogP contribution is -2.14. The summed E-state index contributed by atoms with van der Waals surface area (Å²) in [6, 6.07) is 7.80. The average Bonchev–Trinajstić information content (AvgIpc) is 2.66. The molecular formula is C13H17F2NS. The van der Waals surface area contributed by atoms with Crippen LogP contribution in [0.25, 0.3) is 0 Å². The fraction of sp³-hybridized carbons (Fsp3) is 0.538. The number of anilines is 1. The van der Waals surface area contributed by atoms with Crippen molar-refractivity contribution in [2.24, 2.45) is 5.92 Å². The van der Waals surface area contributed by atoms with Gasteiger partial charge in [0.1, 0.15) is 0 Å². The maximum Gasteiger partial charge on any atom is 0.288 e. The average molecular weight is 257 g/mol. The molecule has 0 bridgehead atoms. The van der Waals surface area contributed by atoms with Crippen LogP contribution in [0.15, 0.2) is 29.2 Å². The largest absolute Gasteiger partial charge is 0.382 e. The number of alkyl halides is 2. The molecule has 0 aromatic heterocycles. The zero-order chi connectivity index (χ0) is 12.3. The molecule has 0 heterocycles. The molecule has 1 fully saturated rings. The van der Waals surface area contributed by atoms with Gasteiger partial charge in [-0.1, -0.05) is 18.7 Å². The van der Waals surface area contributed by atoms with Crippen molar-refractivity contribution in [1.82, 2.24) is 0 Å². The molecular weight excluding hydrogens is 240 g/mol. The molecule has 1 aliphatic carbocycles. The summed E-state index contributed by atoms with van der Waals surface area (Å²) in [5.41, 5.74) is 1.03. The van der Waals surface area contributed by atoms with Crippen molar-refractivity contribution in [3.05, 3.63) is 24.3 Å². The third kappa shape index (κ3) is 3.87. The Kier molecular flexibility index (Phi) is 4.26. The Morgan fingerprint density at radius 1 is 1.24 bits per heavy atom. The smallest absolute Gasteiger partial charge is 0.288 e. The van der Waals surface area contributed by atoms with E-state index in [9.17, 15) is 8.78 Å². The van der Waals surface area contributed by atoms with E-state index in [1.54, 1.807) is 12.1 Å². The first-order chi connectivity index (χ1) is 8.13. The summed E-state index contributed by atoms with van der Waals surface area (Å²) in [5, 5.41) is 3.46. The Labute approximate surface area is 105 Å². The highest BCUT2D eigenvalue weighted by molar-refractivity contribution is 7.99. The molecule has 1 N–H and O–H groups in total. The SMILES string of the molecule is CC1CCC(Nc2ccc(SC(F)F)cc2)C1. The number of rotatable bonds is 4. The first kappa shape index (κ1) is 12.7. The van der Waals surface area contributed by atoms with Crippen molar-refractivity contribution >= 4 is 17.4 Å². The normalized spacial score (nSPS) is 24.2. The van der Waals surface area contributed by atoms with E-state index < -0.39 is 5.76 Å². The zero-order valence-electron chi connectivity index (χ0n) is 9.83. The third-order valence-corrected chi connectivity index (χ3v) is 3.87. The summed E-state index contributed by atoms with van der Waals surface area (Å²) in [7, 11) is 0. The molecule has 94 valence electrons. The number of benzene rings is 1. The van der Waals surface area contributed by atoms with Gasteiger partial charge in [0.25, 0.3) is 5.76 Å². The zero-order valence-corrected chi connectivity index (χ0v) is 10.6. The Hall–Kier alpha value is -0.770. The van der Waals surface area contributed by atoms with E-state index in [2.05, 4.69) is 12.2 Å². The highest BCUT2D eigenvalue weighted by Crippen LogP contribution is 2.29. The van der Waals surface area contributed by atoms with Gasteiger partial charge in [0.15, 0.2) is 0 Å². The van der Waals surface area contributed by atoms with Crippen LogP contribution in [0.5, 0.6) is 0 Å². The van der Waals surface area contributed by atoms with Gasteiger partial charge < -0.3 is 5.32 Å². The van der Waals surface area contributed by atoms with Crippen LogP contribution in [0.4, 0.5) is 14.5 Å². The third-order valence-electron chi connectivity index (χ3n) is 3.15. The standard InChI is InChI=1S/C13H17F2NS/c1-9-2-3-11(8-9)16-10-4-6-12(7-5-10)17-13(14)15/h4-7,9,11,13,16H,2-3,8H2,1H3. The topological polar surface area (TPSA) is 12.0 Å². The van der Waals surface area contributed by atoms with E-state index >= 15 is 0 Å².